The number of rotatable bonds is 7. The Kier molecular flexibility index (Phi) is 5.04. The van der Waals surface area contributed by atoms with E-state index < -0.39 is 6.10 Å². The molecule has 0 amide bonds. The maximum atomic E-state index is 10.3. The Labute approximate surface area is 134 Å². The van der Waals surface area contributed by atoms with Gasteiger partial charge in [0.25, 0.3) is 0 Å². The van der Waals surface area contributed by atoms with Crippen molar-refractivity contribution in [3.63, 3.8) is 0 Å². The van der Waals surface area contributed by atoms with Gasteiger partial charge in [0.1, 0.15) is 18.5 Å². The molecule has 2 unspecified atom stereocenters. The van der Waals surface area contributed by atoms with Crippen LogP contribution in [0.1, 0.15) is 36.8 Å². The van der Waals surface area contributed by atoms with Crippen LogP contribution in [0.3, 0.4) is 0 Å². The van der Waals surface area contributed by atoms with Crippen LogP contribution in [0.25, 0.3) is 0 Å². The Bertz CT molecular complexity index is 478. The number of ether oxygens (including phenoxy) is 1. The zero-order valence-corrected chi connectivity index (χ0v) is 13.9. The first kappa shape index (κ1) is 15.8. The molecule has 0 radical (unpaired) electrons. The molecule has 0 aromatic heterocycles. The normalized spacial score (nSPS) is 23.7. The first-order valence-electron chi connectivity index (χ1n) is 8.71. The van der Waals surface area contributed by atoms with Gasteiger partial charge in [0.15, 0.2) is 0 Å². The molecule has 1 heterocycles. The van der Waals surface area contributed by atoms with Crippen LogP contribution in [0.15, 0.2) is 18.2 Å². The molecule has 3 rings (SSSR count). The number of likely N-dealkylation sites (tertiary alicyclic amines) is 1. The molecule has 2 fully saturated rings. The first-order chi connectivity index (χ1) is 10.6. The van der Waals surface area contributed by atoms with E-state index in [0.717, 1.165) is 48.3 Å². The second-order valence-corrected chi connectivity index (χ2v) is 7.28. The summed E-state index contributed by atoms with van der Waals surface area (Å²) in [5, 5.41) is 10.3. The number of benzene rings is 1. The Morgan fingerprint density at radius 1 is 1.18 bits per heavy atom. The molecule has 1 N–H and O–H groups in total. The average molecular weight is 303 g/mol. The minimum absolute atomic E-state index is 0.384. The van der Waals surface area contributed by atoms with Crippen molar-refractivity contribution >= 4 is 0 Å². The summed E-state index contributed by atoms with van der Waals surface area (Å²) < 4.78 is 5.86. The number of hydrogen-bond acceptors (Lipinski definition) is 3. The van der Waals surface area contributed by atoms with E-state index in [1.807, 2.05) is 6.07 Å². The van der Waals surface area contributed by atoms with Crippen molar-refractivity contribution < 1.29 is 9.84 Å². The standard InChI is InChI=1S/C19H29NO2/c1-14-4-3-5-15(2)19(14)22-13-18(21)12-20-9-8-17(11-20)10-16-6-7-16/h3-5,16-18,21H,6-13H2,1-2H3. The van der Waals surface area contributed by atoms with Gasteiger partial charge in [-0.25, -0.2) is 0 Å². The third kappa shape index (κ3) is 4.23. The van der Waals surface area contributed by atoms with E-state index in [4.69, 9.17) is 4.74 Å². The van der Waals surface area contributed by atoms with Crippen molar-refractivity contribution in [3.8, 4) is 5.75 Å². The van der Waals surface area contributed by atoms with Crippen LogP contribution in [0.2, 0.25) is 0 Å². The van der Waals surface area contributed by atoms with Crippen LogP contribution in [0.5, 0.6) is 5.75 Å². The molecular weight excluding hydrogens is 274 g/mol. The first-order valence-corrected chi connectivity index (χ1v) is 8.71. The lowest BCUT2D eigenvalue weighted by molar-refractivity contribution is 0.0740. The van der Waals surface area contributed by atoms with Gasteiger partial charge in [0.05, 0.1) is 0 Å². The maximum Gasteiger partial charge on any atom is 0.125 e. The van der Waals surface area contributed by atoms with E-state index in [2.05, 4.69) is 30.9 Å². The summed E-state index contributed by atoms with van der Waals surface area (Å²) in [6.07, 6.45) is 5.21. The van der Waals surface area contributed by atoms with E-state index in [-0.39, 0.29) is 0 Å². The Hall–Kier alpha value is -1.06. The van der Waals surface area contributed by atoms with Gasteiger partial charge in [-0.15, -0.1) is 0 Å². The molecule has 1 aromatic carbocycles. The minimum Gasteiger partial charge on any atom is -0.490 e. The summed E-state index contributed by atoms with van der Waals surface area (Å²) in [4.78, 5) is 2.41. The van der Waals surface area contributed by atoms with Crippen molar-refractivity contribution in [2.45, 2.75) is 45.6 Å². The highest BCUT2D eigenvalue weighted by atomic mass is 16.5. The number of aliphatic hydroxyl groups is 1. The molecule has 122 valence electrons. The van der Waals surface area contributed by atoms with E-state index in [9.17, 15) is 5.11 Å². The van der Waals surface area contributed by atoms with Gasteiger partial charge in [0.2, 0.25) is 0 Å². The smallest absolute Gasteiger partial charge is 0.125 e. The summed E-state index contributed by atoms with van der Waals surface area (Å²) in [7, 11) is 0. The summed E-state index contributed by atoms with van der Waals surface area (Å²) >= 11 is 0. The van der Waals surface area contributed by atoms with E-state index in [0.29, 0.717) is 6.61 Å². The maximum absolute atomic E-state index is 10.3. The number of nitrogens with zero attached hydrogens (tertiary/aromatic N) is 1. The minimum atomic E-state index is -0.404. The summed E-state index contributed by atoms with van der Waals surface area (Å²) in [5.74, 6) is 2.80. The van der Waals surface area contributed by atoms with Crippen molar-refractivity contribution in [2.75, 3.05) is 26.2 Å². The van der Waals surface area contributed by atoms with Crippen LogP contribution in [0, 0.1) is 25.7 Å². The Morgan fingerprint density at radius 2 is 1.91 bits per heavy atom. The molecule has 3 heteroatoms. The predicted octanol–water partition coefficient (Wildman–Crippen LogP) is 3.17. The fourth-order valence-electron chi connectivity index (χ4n) is 3.65. The van der Waals surface area contributed by atoms with Crippen molar-refractivity contribution in [1.29, 1.82) is 0 Å². The molecule has 0 bridgehead atoms. The molecule has 1 aliphatic heterocycles. The highest BCUT2D eigenvalue weighted by molar-refractivity contribution is 5.39. The highest BCUT2D eigenvalue weighted by Gasteiger charge is 2.30. The van der Waals surface area contributed by atoms with Crippen molar-refractivity contribution in [3.05, 3.63) is 29.3 Å². The number of para-hydroxylation sites is 1. The third-order valence-corrected chi connectivity index (χ3v) is 5.03. The zero-order chi connectivity index (χ0) is 15.5. The lowest BCUT2D eigenvalue weighted by atomic mass is 10.0. The second-order valence-electron chi connectivity index (χ2n) is 7.28. The number of aryl methyl sites for hydroxylation is 2. The highest BCUT2D eigenvalue weighted by Crippen LogP contribution is 2.37. The van der Waals surface area contributed by atoms with Gasteiger partial charge in [-0.3, -0.25) is 0 Å². The monoisotopic (exact) mass is 303 g/mol. The molecule has 2 aliphatic rings. The van der Waals surface area contributed by atoms with Crippen LogP contribution in [-0.2, 0) is 0 Å². The van der Waals surface area contributed by atoms with E-state index in [1.165, 1.54) is 25.7 Å². The molecule has 0 spiro atoms. The molecule has 1 saturated heterocycles. The van der Waals surface area contributed by atoms with Crippen LogP contribution in [-0.4, -0.2) is 42.4 Å². The Balaban J connectivity index is 1.41. The molecule has 1 saturated carbocycles. The number of aliphatic hydroxyl groups excluding tert-OH is 1. The molecule has 1 aliphatic carbocycles. The lowest BCUT2D eigenvalue weighted by Gasteiger charge is -2.21. The van der Waals surface area contributed by atoms with E-state index in [1.54, 1.807) is 0 Å². The average Bonchev–Trinajstić information content (AvgIpc) is 3.17. The summed E-state index contributed by atoms with van der Waals surface area (Å²) in [6.45, 7) is 7.53. The summed E-state index contributed by atoms with van der Waals surface area (Å²) in [6, 6.07) is 6.15. The fourth-order valence-corrected chi connectivity index (χ4v) is 3.65. The number of hydrogen-bond donors (Lipinski definition) is 1. The topological polar surface area (TPSA) is 32.7 Å². The second kappa shape index (κ2) is 7.01. The van der Waals surface area contributed by atoms with Gasteiger partial charge in [-0.1, -0.05) is 31.0 Å². The van der Waals surface area contributed by atoms with Gasteiger partial charge in [-0.05, 0) is 56.2 Å². The van der Waals surface area contributed by atoms with Gasteiger partial charge in [0, 0.05) is 13.1 Å². The molecule has 1 aromatic rings. The van der Waals surface area contributed by atoms with Crippen molar-refractivity contribution in [1.82, 2.24) is 4.90 Å². The summed E-state index contributed by atoms with van der Waals surface area (Å²) in [5.41, 5.74) is 2.27. The van der Waals surface area contributed by atoms with Crippen LogP contribution >= 0.6 is 0 Å². The number of β-amino-alcohol motifs (C(OH)–C–C–N with tert-alkyl or cyclic N) is 1. The predicted molar refractivity (Wildman–Crippen MR) is 89.3 cm³/mol. The van der Waals surface area contributed by atoms with Gasteiger partial charge < -0.3 is 14.7 Å². The van der Waals surface area contributed by atoms with Crippen LogP contribution < -0.4 is 4.74 Å². The van der Waals surface area contributed by atoms with Gasteiger partial charge >= 0.3 is 0 Å². The van der Waals surface area contributed by atoms with E-state index >= 15 is 0 Å². The third-order valence-electron chi connectivity index (χ3n) is 5.03. The molecule has 22 heavy (non-hydrogen) atoms. The molecular formula is C19H29NO2. The van der Waals surface area contributed by atoms with Crippen LogP contribution in [0.4, 0.5) is 0 Å². The van der Waals surface area contributed by atoms with Gasteiger partial charge in [-0.2, -0.15) is 0 Å². The largest absolute Gasteiger partial charge is 0.490 e. The lowest BCUT2D eigenvalue weighted by Crippen LogP contribution is -2.34. The van der Waals surface area contributed by atoms with Crippen molar-refractivity contribution in [2.24, 2.45) is 11.8 Å². The fraction of sp³-hybridized carbons (Fsp3) is 0.684. The molecule has 3 nitrogen and oxygen atoms in total. The zero-order valence-electron chi connectivity index (χ0n) is 13.9. The SMILES string of the molecule is Cc1cccc(C)c1OCC(O)CN1CCC(CC2CC2)C1. The molecule has 2 atom stereocenters. The Morgan fingerprint density at radius 3 is 2.59 bits per heavy atom. The quantitative estimate of drug-likeness (QED) is 0.840.